The zero-order chi connectivity index (χ0) is 13.8. The summed E-state index contributed by atoms with van der Waals surface area (Å²) in [5.74, 6) is 1.25. The Balaban J connectivity index is 2.21. The molecule has 1 heterocycles. The number of aryl methyl sites for hydroxylation is 1. The smallest absolute Gasteiger partial charge is 0.257 e. The van der Waals surface area contributed by atoms with Crippen LogP contribution in [0.5, 0.6) is 5.75 Å². The second-order valence-corrected chi connectivity index (χ2v) is 4.40. The number of imidazole rings is 1. The number of nitrogens with one attached hydrogen (secondary N) is 1. The van der Waals surface area contributed by atoms with Crippen LogP contribution in [0.1, 0.15) is 21.7 Å². The first-order valence-electron chi connectivity index (χ1n) is 6.00. The second kappa shape index (κ2) is 5.56. The molecule has 0 saturated heterocycles. The van der Waals surface area contributed by atoms with E-state index in [-0.39, 0.29) is 5.91 Å². The first kappa shape index (κ1) is 13.1. The van der Waals surface area contributed by atoms with Gasteiger partial charge in [-0.2, -0.15) is 0 Å². The highest BCUT2D eigenvalue weighted by Crippen LogP contribution is 2.21. The summed E-state index contributed by atoms with van der Waals surface area (Å²) in [6, 6.07) is 5.56. The molecule has 1 N–H and O–H groups in total. The number of amides is 1. The number of aromatic amines is 1. The Bertz CT molecular complexity index is 564. The minimum atomic E-state index is -0.0862. The van der Waals surface area contributed by atoms with E-state index in [2.05, 4.69) is 9.97 Å². The summed E-state index contributed by atoms with van der Waals surface area (Å²) in [6.07, 6.45) is 3.40. The fraction of sp³-hybridized carbons (Fsp3) is 0.286. The predicted octanol–water partition coefficient (Wildman–Crippen LogP) is 2.00. The summed E-state index contributed by atoms with van der Waals surface area (Å²) in [5.41, 5.74) is 1.59. The van der Waals surface area contributed by atoms with Crippen molar-refractivity contribution in [2.75, 3.05) is 14.2 Å². The highest BCUT2D eigenvalue weighted by Gasteiger charge is 2.17. The van der Waals surface area contributed by atoms with Gasteiger partial charge in [0.1, 0.15) is 11.6 Å². The number of ether oxygens (including phenoxy) is 1. The molecule has 0 aliphatic carbocycles. The van der Waals surface area contributed by atoms with Gasteiger partial charge >= 0.3 is 0 Å². The maximum atomic E-state index is 12.4. The topological polar surface area (TPSA) is 58.2 Å². The lowest BCUT2D eigenvalue weighted by molar-refractivity contribution is 0.0778. The van der Waals surface area contributed by atoms with E-state index in [9.17, 15) is 4.79 Å². The number of carbonyl (C=O) groups excluding carboxylic acids is 1. The molecule has 1 aromatic heterocycles. The Morgan fingerprint density at radius 1 is 1.47 bits per heavy atom. The van der Waals surface area contributed by atoms with E-state index in [0.29, 0.717) is 17.9 Å². The van der Waals surface area contributed by atoms with Crippen molar-refractivity contribution in [3.05, 3.63) is 47.5 Å². The van der Waals surface area contributed by atoms with Crippen molar-refractivity contribution in [2.24, 2.45) is 0 Å². The molecular formula is C14H17N3O2. The van der Waals surface area contributed by atoms with Crippen molar-refractivity contribution >= 4 is 5.91 Å². The van der Waals surface area contributed by atoms with Crippen molar-refractivity contribution in [3.63, 3.8) is 0 Å². The molecular weight excluding hydrogens is 242 g/mol. The minimum absolute atomic E-state index is 0.0862. The maximum Gasteiger partial charge on any atom is 0.257 e. The van der Waals surface area contributed by atoms with E-state index >= 15 is 0 Å². The standard InChI is InChI=1S/C14H17N3O2/c1-10-4-5-12(19-3)11(8-10)14(18)17(2)9-13-15-6-7-16-13/h4-8H,9H2,1-3H3,(H,15,16). The number of H-pyrrole nitrogens is 1. The highest BCUT2D eigenvalue weighted by atomic mass is 16.5. The van der Waals surface area contributed by atoms with Crippen LogP contribution in [0, 0.1) is 6.92 Å². The van der Waals surface area contributed by atoms with E-state index in [1.165, 1.54) is 0 Å². The minimum Gasteiger partial charge on any atom is -0.496 e. The summed E-state index contributed by atoms with van der Waals surface area (Å²) in [6.45, 7) is 2.38. The summed E-state index contributed by atoms with van der Waals surface area (Å²) < 4.78 is 5.24. The van der Waals surface area contributed by atoms with Crippen LogP contribution in [0.25, 0.3) is 0 Å². The summed E-state index contributed by atoms with van der Waals surface area (Å²) in [4.78, 5) is 21.1. The Kier molecular flexibility index (Phi) is 3.85. The van der Waals surface area contributed by atoms with Gasteiger partial charge in [0.25, 0.3) is 5.91 Å². The molecule has 5 nitrogen and oxygen atoms in total. The number of carbonyl (C=O) groups is 1. The maximum absolute atomic E-state index is 12.4. The first-order chi connectivity index (χ1) is 9.11. The van der Waals surface area contributed by atoms with Gasteiger partial charge in [-0.25, -0.2) is 4.98 Å². The number of nitrogens with zero attached hydrogens (tertiary/aromatic N) is 2. The van der Waals surface area contributed by atoms with E-state index in [1.54, 1.807) is 31.5 Å². The molecule has 0 aliphatic rings. The van der Waals surface area contributed by atoms with Gasteiger partial charge in [0.05, 0.1) is 19.2 Å². The third kappa shape index (κ3) is 2.93. The van der Waals surface area contributed by atoms with Crippen molar-refractivity contribution in [3.8, 4) is 5.75 Å². The van der Waals surface area contributed by atoms with Gasteiger partial charge in [-0.05, 0) is 19.1 Å². The van der Waals surface area contributed by atoms with Crippen LogP contribution in [0.4, 0.5) is 0 Å². The molecule has 2 rings (SSSR count). The second-order valence-electron chi connectivity index (χ2n) is 4.40. The Labute approximate surface area is 112 Å². The molecule has 0 saturated carbocycles. The van der Waals surface area contributed by atoms with Crippen LogP contribution in [-0.2, 0) is 6.54 Å². The average molecular weight is 259 g/mol. The molecule has 5 heteroatoms. The van der Waals surface area contributed by atoms with Gasteiger partial charge in [-0.1, -0.05) is 11.6 Å². The summed E-state index contributed by atoms with van der Waals surface area (Å²) in [5, 5.41) is 0. The van der Waals surface area contributed by atoms with Gasteiger partial charge < -0.3 is 14.6 Å². The van der Waals surface area contributed by atoms with Gasteiger partial charge in [-0.3, -0.25) is 4.79 Å². The third-order valence-electron chi connectivity index (χ3n) is 2.87. The van der Waals surface area contributed by atoms with Crippen molar-refractivity contribution < 1.29 is 9.53 Å². The molecule has 0 radical (unpaired) electrons. The molecule has 2 aromatic rings. The van der Waals surface area contributed by atoms with Crippen LogP contribution in [0.15, 0.2) is 30.6 Å². The lowest BCUT2D eigenvalue weighted by Crippen LogP contribution is -2.27. The molecule has 0 fully saturated rings. The number of rotatable bonds is 4. The monoisotopic (exact) mass is 259 g/mol. The van der Waals surface area contributed by atoms with Gasteiger partial charge in [0.2, 0.25) is 0 Å². The van der Waals surface area contributed by atoms with Gasteiger partial charge in [0.15, 0.2) is 0 Å². The summed E-state index contributed by atoms with van der Waals surface area (Å²) >= 11 is 0. The van der Waals surface area contributed by atoms with Crippen molar-refractivity contribution in [1.82, 2.24) is 14.9 Å². The molecule has 0 unspecified atom stereocenters. The fourth-order valence-corrected chi connectivity index (χ4v) is 1.88. The quantitative estimate of drug-likeness (QED) is 0.913. The number of hydrogen-bond acceptors (Lipinski definition) is 3. The number of hydrogen-bond donors (Lipinski definition) is 1. The molecule has 19 heavy (non-hydrogen) atoms. The molecule has 0 aliphatic heterocycles. The average Bonchev–Trinajstić information content (AvgIpc) is 2.90. The molecule has 0 spiro atoms. The Hall–Kier alpha value is -2.30. The van der Waals surface area contributed by atoms with Gasteiger partial charge in [0, 0.05) is 19.4 Å². The largest absolute Gasteiger partial charge is 0.496 e. The Morgan fingerprint density at radius 3 is 2.89 bits per heavy atom. The molecule has 0 atom stereocenters. The molecule has 1 amide bonds. The molecule has 100 valence electrons. The normalized spacial score (nSPS) is 10.3. The van der Waals surface area contributed by atoms with Crippen LogP contribution < -0.4 is 4.74 Å². The van der Waals surface area contributed by atoms with Crippen molar-refractivity contribution in [1.29, 1.82) is 0 Å². The van der Waals surface area contributed by atoms with E-state index < -0.39 is 0 Å². The zero-order valence-corrected chi connectivity index (χ0v) is 11.3. The van der Waals surface area contributed by atoms with Crippen LogP contribution in [-0.4, -0.2) is 34.9 Å². The Morgan fingerprint density at radius 2 is 2.26 bits per heavy atom. The number of aromatic nitrogens is 2. The van der Waals surface area contributed by atoms with Crippen molar-refractivity contribution in [2.45, 2.75) is 13.5 Å². The predicted molar refractivity (Wildman–Crippen MR) is 72.1 cm³/mol. The van der Waals surface area contributed by atoms with E-state index in [4.69, 9.17) is 4.74 Å². The van der Waals surface area contributed by atoms with E-state index in [0.717, 1.165) is 11.4 Å². The lowest BCUT2D eigenvalue weighted by Gasteiger charge is -2.17. The number of methoxy groups -OCH3 is 1. The van der Waals surface area contributed by atoms with Crippen LogP contribution in [0.3, 0.4) is 0 Å². The fourth-order valence-electron chi connectivity index (χ4n) is 1.88. The molecule has 0 bridgehead atoms. The first-order valence-corrected chi connectivity index (χ1v) is 6.00. The van der Waals surface area contributed by atoms with Gasteiger partial charge in [-0.15, -0.1) is 0 Å². The lowest BCUT2D eigenvalue weighted by atomic mass is 10.1. The number of benzene rings is 1. The SMILES string of the molecule is COc1ccc(C)cc1C(=O)N(C)Cc1ncc[nH]1. The van der Waals surface area contributed by atoms with Crippen LogP contribution >= 0.6 is 0 Å². The third-order valence-corrected chi connectivity index (χ3v) is 2.87. The molecule has 1 aromatic carbocycles. The van der Waals surface area contributed by atoms with E-state index in [1.807, 2.05) is 25.1 Å². The summed E-state index contributed by atoms with van der Waals surface area (Å²) in [7, 11) is 3.31. The zero-order valence-electron chi connectivity index (χ0n) is 11.3. The van der Waals surface area contributed by atoms with Crippen LogP contribution in [0.2, 0.25) is 0 Å². The highest BCUT2D eigenvalue weighted by molar-refractivity contribution is 5.96.